The first kappa shape index (κ1) is 17.5. The standard InChI is InChI=1S/C19H17Cl2N3O/c1-2-16(24-19-17(20)18(21)22-12-23-19)13-7-6-10-15(11-13)25-14-8-4-3-5-9-14/h3-12,16H,2H2,1H3,(H,22,23,24). The van der Waals surface area contributed by atoms with Crippen molar-refractivity contribution < 1.29 is 4.74 Å². The van der Waals surface area contributed by atoms with Crippen LogP contribution in [0.25, 0.3) is 0 Å². The summed E-state index contributed by atoms with van der Waals surface area (Å²) in [6.45, 7) is 2.08. The molecule has 6 heteroatoms. The lowest BCUT2D eigenvalue weighted by Gasteiger charge is -2.19. The molecule has 128 valence electrons. The molecule has 0 amide bonds. The smallest absolute Gasteiger partial charge is 0.153 e. The Kier molecular flexibility index (Phi) is 5.74. The van der Waals surface area contributed by atoms with E-state index in [0.29, 0.717) is 10.8 Å². The van der Waals surface area contributed by atoms with Gasteiger partial charge in [0.05, 0.1) is 6.04 Å². The van der Waals surface area contributed by atoms with Gasteiger partial charge in [-0.25, -0.2) is 9.97 Å². The monoisotopic (exact) mass is 373 g/mol. The summed E-state index contributed by atoms with van der Waals surface area (Å²) in [5, 5.41) is 3.87. The molecule has 0 bridgehead atoms. The number of hydrogen-bond acceptors (Lipinski definition) is 4. The van der Waals surface area contributed by atoms with Crippen LogP contribution in [-0.4, -0.2) is 9.97 Å². The van der Waals surface area contributed by atoms with Crippen LogP contribution in [-0.2, 0) is 0 Å². The fourth-order valence-electron chi connectivity index (χ4n) is 2.45. The Balaban J connectivity index is 1.81. The van der Waals surface area contributed by atoms with Crippen molar-refractivity contribution in [3.63, 3.8) is 0 Å². The number of nitrogens with zero attached hydrogens (tertiary/aromatic N) is 2. The Morgan fingerprint density at radius 3 is 2.52 bits per heavy atom. The Morgan fingerprint density at radius 1 is 1.00 bits per heavy atom. The van der Waals surface area contributed by atoms with Crippen LogP contribution in [0.4, 0.5) is 5.82 Å². The number of hydrogen-bond donors (Lipinski definition) is 1. The fraction of sp³-hybridized carbons (Fsp3) is 0.158. The molecule has 2 aromatic carbocycles. The molecule has 0 saturated carbocycles. The van der Waals surface area contributed by atoms with Crippen LogP contribution in [0.3, 0.4) is 0 Å². The number of benzene rings is 2. The zero-order chi connectivity index (χ0) is 17.6. The van der Waals surface area contributed by atoms with Gasteiger partial charge in [-0.05, 0) is 36.2 Å². The first-order chi connectivity index (χ1) is 12.2. The van der Waals surface area contributed by atoms with Crippen molar-refractivity contribution >= 4 is 29.0 Å². The summed E-state index contributed by atoms with van der Waals surface area (Å²) in [7, 11) is 0. The lowest BCUT2D eigenvalue weighted by atomic mass is 10.0. The van der Waals surface area contributed by atoms with Crippen LogP contribution in [0, 0.1) is 0 Å². The van der Waals surface area contributed by atoms with E-state index in [4.69, 9.17) is 27.9 Å². The number of para-hydroxylation sites is 1. The number of anilines is 1. The van der Waals surface area contributed by atoms with Gasteiger partial charge in [-0.15, -0.1) is 0 Å². The molecule has 25 heavy (non-hydrogen) atoms. The van der Waals surface area contributed by atoms with Gasteiger partial charge in [-0.2, -0.15) is 0 Å². The van der Waals surface area contributed by atoms with Crippen molar-refractivity contribution in [1.82, 2.24) is 9.97 Å². The van der Waals surface area contributed by atoms with E-state index in [1.54, 1.807) is 0 Å². The lowest BCUT2D eigenvalue weighted by Crippen LogP contribution is -2.11. The average Bonchev–Trinajstić information content (AvgIpc) is 2.64. The molecule has 1 unspecified atom stereocenters. The van der Waals surface area contributed by atoms with Crippen LogP contribution in [0.2, 0.25) is 10.2 Å². The quantitative estimate of drug-likeness (QED) is 0.527. The second-order valence-corrected chi connectivity index (χ2v) is 6.16. The van der Waals surface area contributed by atoms with E-state index < -0.39 is 0 Å². The maximum Gasteiger partial charge on any atom is 0.153 e. The van der Waals surface area contributed by atoms with Crippen molar-refractivity contribution in [3.8, 4) is 11.5 Å². The molecule has 0 fully saturated rings. The SMILES string of the molecule is CCC(Nc1ncnc(Cl)c1Cl)c1cccc(Oc2ccccc2)c1. The maximum absolute atomic E-state index is 6.18. The fourth-order valence-corrected chi connectivity index (χ4v) is 2.74. The van der Waals surface area contributed by atoms with Crippen molar-refractivity contribution in [2.45, 2.75) is 19.4 Å². The van der Waals surface area contributed by atoms with E-state index in [0.717, 1.165) is 23.5 Å². The summed E-state index contributed by atoms with van der Waals surface area (Å²) < 4.78 is 5.91. The zero-order valence-corrected chi connectivity index (χ0v) is 15.1. The first-order valence-electron chi connectivity index (χ1n) is 7.92. The Labute approximate surface area is 156 Å². The van der Waals surface area contributed by atoms with E-state index in [1.807, 2.05) is 54.6 Å². The Morgan fingerprint density at radius 2 is 1.76 bits per heavy atom. The van der Waals surface area contributed by atoms with E-state index in [1.165, 1.54) is 6.33 Å². The van der Waals surface area contributed by atoms with Gasteiger partial charge in [0.15, 0.2) is 5.15 Å². The largest absolute Gasteiger partial charge is 0.457 e. The number of halogens is 2. The molecular formula is C19H17Cl2N3O. The molecule has 0 aliphatic heterocycles. The Hall–Kier alpha value is -2.30. The van der Waals surface area contributed by atoms with Gasteiger partial charge in [-0.3, -0.25) is 0 Å². The molecule has 1 aromatic heterocycles. The number of aromatic nitrogens is 2. The molecule has 0 aliphatic carbocycles. The predicted molar refractivity (Wildman–Crippen MR) is 102 cm³/mol. The van der Waals surface area contributed by atoms with E-state index >= 15 is 0 Å². The van der Waals surface area contributed by atoms with Crippen molar-refractivity contribution in [1.29, 1.82) is 0 Å². The van der Waals surface area contributed by atoms with Crippen LogP contribution in [0.15, 0.2) is 60.9 Å². The second-order valence-electron chi connectivity index (χ2n) is 5.42. The van der Waals surface area contributed by atoms with E-state index in [2.05, 4.69) is 22.2 Å². The molecule has 1 atom stereocenters. The van der Waals surface area contributed by atoms with Gasteiger partial charge in [0, 0.05) is 0 Å². The summed E-state index contributed by atoms with van der Waals surface area (Å²) in [6.07, 6.45) is 2.23. The van der Waals surface area contributed by atoms with Gasteiger partial charge in [0.1, 0.15) is 28.7 Å². The highest BCUT2D eigenvalue weighted by molar-refractivity contribution is 6.42. The van der Waals surface area contributed by atoms with Gasteiger partial charge < -0.3 is 10.1 Å². The molecule has 0 aliphatic rings. The lowest BCUT2D eigenvalue weighted by molar-refractivity contribution is 0.481. The summed E-state index contributed by atoms with van der Waals surface area (Å²) >= 11 is 12.1. The number of rotatable bonds is 6. The molecule has 0 saturated heterocycles. The molecule has 1 heterocycles. The van der Waals surface area contributed by atoms with Crippen molar-refractivity contribution in [2.75, 3.05) is 5.32 Å². The Bertz CT molecular complexity index is 843. The molecule has 3 rings (SSSR count). The minimum absolute atomic E-state index is 0.0165. The highest BCUT2D eigenvalue weighted by Crippen LogP contribution is 2.31. The molecular weight excluding hydrogens is 357 g/mol. The van der Waals surface area contributed by atoms with Crippen LogP contribution in [0.1, 0.15) is 24.9 Å². The normalized spacial score (nSPS) is 11.8. The van der Waals surface area contributed by atoms with Crippen LogP contribution in [0.5, 0.6) is 11.5 Å². The third kappa shape index (κ3) is 4.41. The van der Waals surface area contributed by atoms with Crippen molar-refractivity contribution in [2.24, 2.45) is 0 Å². The van der Waals surface area contributed by atoms with Gasteiger partial charge >= 0.3 is 0 Å². The third-order valence-electron chi connectivity index (χ3n) is 3.71. The maximum atomic E-state index is 6.18. The minimum atomic E-state index is 0.0165. The number of ether oxygens (including phenoxy) is 1. The highest BCUT2D eigenvalue weighted by Gasteiger charge is 2.14. The zero-order valence-electron chi connectivity index (χ0n) is 13.6. The van der Waals surface area contributed by atoms with E-state index in [-0.39, 0.29) is 11.2 Å². The number of nitrogens with one attached hydrogen (secondary N) is 1. The minimum Gasteiger partial charge on any atom is -0.457 e. The van der Waals surface area contributed by atoms with Gasteiger partial charge in [0.25, 0.3) is 0 Å². The topological polar surface area (TPSA) is 47.0 Å². The third-order valence-corrected chi connectivity index (χ3v) is 4.45. The van der Waals surface area contributed by atoms with Crippen LogP contribution < -0.4 is 10.1 Å². The predicted octanol–water partition coefficient (Wildman–Crippen LogP) is 6.14. The summed E-state index contributed by atoms with van der Waals surface area (Å²) in [6, 6.07) is 17.6. The first-order valence-corrected chi connectivity index (χ1v) is 8.68. The van der Waals surface area contributed by atoms with Crippen LogP contribution >= 0.6 is 23.2 Å². The summed E-state index contributed by atoms with van der Waals surface area (Å²) in [5.41, 5.74) is 1.07. The molecule has 0 spiro atoms. The molecule has 3 aromatic rings. The van der Waals surface area contributed by atoms with Gasteiger partial charge in [0.2, 0.25) is 0 Å². The van der Waals surface area contributed by atoms with E-state index in [9.17, 15) is 0 Å². The molecule has 1 N–H and O–H groups in total. The molecule has 0 radical (unpaired) electrons. The highest BCUT2D eigenvalue weighted by atomic mass is 35.5. The summed E-state index contributed by atoms with van der Waals surface area (Å²) in [4.78, 5) is 8.04. The van der Waals surface area contributed by atoms with Gasteiger partial charge in [-0.1, -0.05) is 60.5 Å². The summed E-state index contributed by atoms with van der Waals surface area (Å²) in [5.74, 6) is 2.09. The average molecular weight is 374 g/mol. The second kappa shape index (κ2) is 8.19. The molecule has 4 nitrogen and oxygen atoms in total. The van der Waals surface area contributed by atoms with Crippen molar-refractivity contribution in [3.05, 3.63) is 76.7 Å².